The average molecular weight is 412 g/mol. The van der Waals surface area contributed by atoms with Gasteiger partial charge in [0.15, 0.2) is 0 Å². The summed E-state index contributed by atoms with van der Waals surface area (Å²) >= 11 is 3.13. The minimum atomic E-state index is -3.85. The van der Waals surface area contributed by atoms with Gasteiger partial charge in [-0.2, -0.15) is 0 Å². The largest absolute Gasteiger partial charge is 0.478 e. The predicted octanol–water partition coefficient (Wildman–Crippen LogP) is 4.14. The number of nitrogens with zero attached hydrogens (tertiary/aromatic N) is 1. The van der Waals surface area contributed by atoms with Gasteiger partial charge in [0, 0.05) is 11.0 Å². The van der Waals surface area contributed by atoms with Crippen molar-refractivity contribution in [2.45, 2.75) is 24.7 Å². The molecule has 0 radical (unpaired) electrons. The standard InChI is InChI=1S/C17H18BrNO4S/c1-2-3-11-19(13-7-5-4-6-8-13)24(22,23)14-9-10-16(18)15(12-14)17(20)21/h4-10,12H,2-3,11H2,1H3,(H,20,21). The second kappa shape index (κ2) is 7.81. The van der Waals surface area contributed by atoms with E-state index in [0.717, 1.165) is 6.42 Å². The molecule has 0 bridgehead atoms. The van der Waals surface area contributed by atoms with Gasteiger partial charge in [0.25, 0.3) is 10.0 Å². The predicted molar refractivity (Wildman–Crippen MR) is 97.0 cm³/mol. The van der Waals surface area contributed by atoms with Gasteiger partial charge in [-0.15, -0.1) is 0 Å². The maximum absolute atomic E-state index is 13.0. The molecule has 0 amide bonds. The van der Waals surface area contributed by atoms with E-state index in [2.05, 4.69) is 15.9 Å². The molecule has 0 saturated heterocycles. The quantitative estimate of drug-likeness (QED) is 0.742. The van der Waals surface area contributed by atoms with Gasteiger partial charge < -0.3 is 5.11 Å². The minimum Gasteiger partial charge on any atom is -0.478 e. The summed E-state index contributed by atoms with van der Waals surface area (Å²) in [7, 11) is -3.85. The van der Waals surface area contributed by atoms with Crippen molar-refractivity contribution in [2.75, 3.05) is 10.8 Å². The summed E-state index contributed by atoms with van der Waals surface area (Å²) in [4.78, 5) is 11.2. The van der Waals surface area contributed by atoms with Crippen LogP contribution in [0, 0.1) is 0 Å². The molecule has 24 heavy (non-hydrogen) atoms. The lowest BCUT2D eigenvalue weighted by Crippen LogP contribution is -2.32. The Morgan fingerprint density at radius 3 is 2.42 bits per heavy atom. The molecule has 5 nitrogen and oxygen atoms in total. The number of rotatable bonds is 7. The van der Waals surface area contributed by atoms with E-state index in [0.29, 0.717) is 23.1 Å². The summed E-state index contributed by atoms with van der Waals surface area (Å²) in [6.45, 7) is 2.32. The van der Waals surface area contributed by atoms with Crippen molar-refractivity contribution in [3.8, 4) is 0 Å². The van der Waals surface area contributed by atoms with Crippen LogP contribution in [0.2, 0.25) is 0 Å². The van der Waals surface area contributed by atoms with Crippen molar-refractivity contribution in [1.82, 2.24) is 0 Å². The first-order valence-electron chi connectivity index (χ1n) is 7.48. The molecule has 0 unspecified atom stereocenters. The van der Waals surface area contributed by atoms with Crippen LogP contribution in [0.25, 0.3) is 0 Å². The van der Waals surface area contributed by atoms with E-state index in [-0.39, 0.29) is 10.5 Å². The Hall–Kier alpha value is -1.86. The zero-order valence-electron chi connectivity index (χ0n) is 13.1. The number of benzene rings is 2. The highest BCUT2D eigenvalue weighted by atomic mass is 79.9. The summed E-state index contributed by atoms with van der Waals surface area (Å²) in [5.41, 5.74) is 0.477. The van der Waals surface area contributed by atoms with Crippen molar-refractivity contribution < 1.29 is 18.3 Å². The summed E-state index contributed by atoms with van der Waals surface area (Å²) in [5.74, 6) is -1.18. The zero-order chi connectivity index (χ0) is 17.7. The van der Waals surface area contributed by atoms with Crippen LogP contribution >= 0.6 is 15.9 Å². The van der Waals surface area contributed by atoms with Gasteiger partial charge in [-0.1, -0.05) is 31.5 Å². The molecule has 0 aliphatic carbocycles. The van der Waals surface area contributed by atoms with Gasteiger partial charge in [-0.3, -0.25) is 4.31 Å². The first-order valence-corrected chi connectivity index (χ1v) is 9.72. The molecule has 0 fully saturated rings. The molecule has 128 valence electrons. The number of sulfonamides is 1. The van der Waals surface area contributed by atoms with E-state index < -0.39 is 16.0 Å². The lowest BCUT2D eigenvalue weighted by Gasteiger charge is -2.24. The van der Waals surface area contributed by atoms with Gasteiger partial charge in [0.2, 0.25) is 0 Å². The average Bonchev–Trinajstić information content (AvgIpc) is 2.56. The number of carboxylic acid groups (broad SMARTS) is 1. The lowest BCUT2D eigenvalue weighted by molar-refractivity contribution is 0.0695. The van der Waals surface area contributed by atoms with Crippen LogP contribution in [0.5, 0.6) is 0 Å². The number of hydrogen-bond acceptors (Lipinski definition) is 3. The van der Waals surface area contributed by atoms with Gasteiger partial charge in [-0.05, 0) is 52.7 Å². The molecule has 0 heterocycles. The summed E-state index contributed by atoms with van der Waals surface area (Å²) in [6.07, 6.45) is 1.55. The molecule has 0 aromatic heterocycles. The topological polar surface area (TPSA) is 74.7 Å². The Morgan fingerprint density at radius 2 is 1.83 bits per heavy atom. The van der Waals surface area contributed by atoms with Crippen LogP contribution in [0.4, 0.5) is 5.69 Å². The number of anilines is 1. The lowest BCUT2D eigenvalue weighted by atomic mass is 10.2. The summed E-state index contributed by atoms with van der Waals surface area (Å²) in [5, 5.41) is 9.21. The molecule has 7 heteroatoms. The van der Waals surface area contributed by atoms with E-state index in [1.807, 2.05) is 13.0 Å². The maximum atomic E-state index is 13.0. The molecule has 2 aromatic rings. The fourth-order valence-corrected chi connectivity index (χ4v) is 4.19. The van der Waals surface area contributed by atoms with Crippen molar-refractivity contribution >= 4 is 37.6 Å². The van der Waals surface area contributed by atoms with Crippen LogP contribution in [0.15, 0.2) is 57.9 Å². The van der Waals surface area contributed by atoms with E-state index in [1.54, 1.807) is 24.3 Å². The highest BCUT2D eigenvalue weighted by Crippen LogP contribution is 2.27. The third kappa shape index (κ3) is 3.96. The normalized spacial score (nSPS) is 11.2. The van der Waals surface area contributed by atoms with Crippen LogP contribution in [-0.2, 0) is 10.0 Å². The number of unbranched alkanes of at least 4 members (excludes halogenated alkanes) is 1. The third-order valence-electron chi connectivity index (χ3n) is 3.52. The molecule has 1 N–H and O–H groups in total. The van der Waals surface area contributed by atoms with Crippen molar-refractivity contribution in [3.63, 3.8) is 0 Å². The van der Waals surface area contributed by atoms with E-state index in [1.165, 1.54) is 22.5 Å². The van der Waals surface area contributed by atoms with Crippen LogP contribution < -0.4 is 4.31 Å². The van der Waals surface area contributed by atoms with E-state index in [9.17, 15) is 18.3 Å². The Kier molecular flexibility index (Phi) is 6.01. The first kappa shape index (κ1) is 18.5. The second-order valence-electron chi connectivity index (χ2n) is 5.21. The van der Waals surface area contributed by atoms with Crippen molar-refractivity contribution in [1.29, 1.82) is 0 Å². The maximum Gasteiger partial charge on any atom is 0.336 e. The molecule has 2 aromatic carbocycles. The number of aromatic carboxylic acids is 1. The molecule has 2 rings (SSSR count). The monoisotopic (exact) mass is 411 g/mol. The van der Waals surface area contributed by atoms with Gasteiger partial charge in [0.05, 0.1) is 16.1 Å². The van der Waals surface area contributed by atoms with Gasteiger partial charge in [-0.25, -0.2) is 13.2 Å². The fraction of sp³-hybridized carbons (Fsp3) is 0.235. The molecular weight excluding hydrogens is 394 g/mol. The van der Waals surface area contributed by atoms with Crippen molar-refractivity contribution in [2.24, 2.45) is 0 Å². The zero-order valence-corrected chi connectivity index (χ0v) is 15.5. The third-order valence-corrected chi connectivity index (χ3v) is 6.03. The van der Waals surface area contributed by atoms with E-state index >= 15 is 0 Å². The number of para-hydroxylation sites is 1. The Bertz CT molecular complexity index is 822. The summed E-state index contributed by atoms with van der Waals surface area (Å²) in [6, 6.07) is 12.9. The van der Waals surface area contributed by atoms with Gasteiger partial charge >= 0.3 is 5.97 Å². The molecule has 0 aliphatic heterocycles. The number of carbonyl (C=O) groups is 1. The van der Waals surface area contributed by atoms with Crippen LogP contribution in [-0.4, -0.2) is 26.0 Å². The Balaban J connectivity index is 2.52. The van der Waals surface area contributed by atoms with E-state index in [4.69, 9.17) is 0 Å². The molecule has 0 aliphatic rings. The Labute approximate surface area is 150 Å². The Morgan fingerprint density at radius 1 is 1.17 bits per heavy atom. The van der Waals surface area contributed by atoms with Crippen LogP contribution in [0.3, 0.4) is 0 Å². The van der Waals surface area contributed by atoms with Crippen LogP contribution in [0.1, 0.15) is 30.1 Å². The first-order chi connectivity index (χ1) is 11.4. The smallest absolute Gasteiger partial charge is 0.336 e. The number of carboxylic acids is 1. The molecule has 0 saturated carbocycles. The number of hydrogen-bond donors (Lipinski definition) is 1. The SMILES string of the molecule is CCCCN(c1ccccc1)S(=O)(=O)c1ccc(Br)c(C(=O)O)c1. The molecular formula is C17H18BrNO4S. The molecule has 0 atom stereocenters. The summed E-state index contributed by atoms with van der Waals surface area (Å²) < 4.78 is 27.8. The second-order valence-corrected chi connectivity index (χ2v) is 7.93. The highest BCUT2D eigenvalue weighted by Gasteiger charge is 2.26. The highest BCUT2D eigenvalue weighted by molar-refractivity contribution is 9.10. The number of halogens is 1. The molecule has 0 spiro atoms. The van der Waals surface area contributed by atoms with Gasteiger partial charge in [0.1, 0.15) is 0 Å². The van der Waals surface area contributed by atoms with Crippen molar-refractivity contribution in [3.05, 3.63) is 58.6 Å². The minimum absolute atomic E-state index is 0.0388. The fourth-order valence-electron chi connectivity index (χ4n) is 2.24.